The summed E-state index contributed by atoms with van der Waals surface area (Å²) in [5, 5.41) is 1.42. The number of hydrogen-bond acceptors (Lipinski definition) is 3. The Kier molecular flexibility index (Phi) is 3.54. The van der Waals surface area contributed by atoms with Gasteiger partial charge in [-0.15, -0.1) is 0 Å². The molecule has 0 aromatic heterocycles. The van der Waals surface area contributed by atoms with Crippen molar-refractivity contribution < 1.29 is 14.4 Å². The molecule has 0 spiro atoms. The molecule has 1 fully saturated rings. The van der Waals surface area contributed by atoms with E-state index in [0.717, 1.165) is 12.0 Å². The average Bonchev–Trinajstić information content (AvgIpc) is 2.82. The molecule has 1 aliphatic rings. The summed E-state index contributed by atoms with van der Waals surface area (Å²) in [7, 11) is 1.64. The minimum Gasteiger partial charge on any atom is -0.380 e. The maximum Gasteiger partial charge on any atom is 0.277 e. The number of methoxy groups -OCH3 is 1. The molecule has 0 bridgehead atoms. The number of ether oxygens (including phenoxy) is 1. The van der Waals surface area contributed by atoms with Crippen LogP contribution >= 0.6 is 0 Å². The zero-order valence-electron chi connectivity index (χ0n) is 9.31. The highest BCUT2D eigenvalue weighted by molar-refractivity contribution is 5.93. The van der Waals surface area contributed by atoms with Gasteiger partial charge in [-0.1, -0.05) is 12.1 Å². The van der Waals surface area contributed by atoms with E-state index in [9.17, 15) is 4.79 Å². The lowest BCUT2D eigenvalue weighted by atomic mass is 10.1. The van der Waals surface area contributed by atoms with Gasteiger partial charge in [-0.3, -0.25) is 9.63 Å². The fourth-order valence-corrected chi connectivity index (χ4v) is 1.71. The van der Waals surface area contributed by atoms with Crippen LogP contribution < -0.4 is 0 Å². The van der Waals surface area contributed by atoms with Crippen molar-refractivity contribution in [2.45, 2.75) is 13.0 Å². The van der Waals surface area contributed by atoms with E-state index in [4.69, 9.17) is 9.57 Å². The van der Waals surface area contributed by atoms with Gasteiger partial charge in [0.25, 0.3) is 5.91 Å². The third-order valence-corrected chi connectivity index (χ3v) is 2.46. The van der Waals surface area contributed by atoms with Crippen LogP contribution in [0.1, 0.15) is 22.3 Å². The molecular formula is C12H15NO3. The molecule has 1 saturated heterocycles. The summed E-state index contributed by atoms with van der Waals surface area (Å²) in [6, 6.07) is 7.43. The lowest BCUT2D eigenvalue weighted by Gasteiger charge is -2.14. The van der Waals surface area contributed by atoms with Gasteiger partial charge in [0.15, 0.2) is 0 Å². The van der Waals surface area contributed by atoms with Crippen molar-refractivity contribution in [2.24, 2.45) is 0 Å². The highest BCUT2D eigenvalue weighted by Gasteiger charge is 2.20. The Morgan fingerprint density at radius 3 is 3.12 bits per heavy atom. The highest BCUT2D eigenvalue weighted by Crippen LogP contribution is 2.13. The lowest BCUT2D eigenvalue weighted by molar-refractivity contribution is -0.0768. The van der Waals surface area contributed by atoms with Crippen LogP contribution in [-0.2, 0) is 16.2 Å². The first-order valence-corrected chi connectivity index (χ1v) is 5.34. The van der Waals surface area contributed by atoms with Crippen molar-refractivity contribution in [3.05, 3.63) is 35.4 Å². The van der Waals surface area contributed by atoms with Gasteiger partial charge >= 0.3 is 0 Å². The van der Waals surface area contributed by atoms with Gasteiger partial charge in [0.1, 0.15) is 0 Å². The Bertz CT molecular complexity index is 372. The Morgan fingerprint density at radius 2 is 2.44 bits per heavy atom. The lowest BCUT2D eigenvalue weighted by Crippen LogP contribution is -2.26. The van der Waals surface area contributed by atoms with Crippen LogP contribution in [-0.4, -0.2) is 31.2 Å². The Morgan fingerprint density at radius 1 is 1.56 bits per heavy atom. The van der Waals surface area contributed by atoms with Crippen molar-refractivity contribution in [2.75, 3.05) is 20.3 Å². The Hall–Kier alpha value is -1.39. The monoisotopic (exact) mass is 221 g/mol. The van der Waals surface area contributed by atoms with Crippen molar-refractivity contribution in [1.82, 2.24) is 5.06 Å². The number of rotatable bonds is 3. The van der Waals surface area contributed by atoms with Gasteiger partial charge in [-0.05, 0) is 24.1 Å². The van der Waals surface area contributed by atoms with Crippen LogP contribution in [0.4, 0.5) is 0 Å². The quantitative estimate of drug-likeness (QED) is 0.778. The normalized spacial score (nSPS) is 15.4. The molecule has 0 radical (unpaired) electrons. The summed E-state index contributed by atoms with van der Waals surface area (Å²) in [6.45, 7) is 1.82. The predicted octanol–water partition coefficient (Wildman–Crippen LogP) is 1.61. The molecule has 4 nitrogen and oxygen atoms in total. The van der Waals surface area contributed by atoms with E-state index in [0.29, 0.717) is 25.3 Å². The molecule has 4 heteroatoms. The van der Waals surface area contributed by atoms with Crippen LogP contribution in [0.25, 0.3) is 0 Å². The molecule has 0 unspecified atom stereocenters. The van der Waals surface area contributed by atoms with Crippen LogP contribution in [0, 0.1) is 0 Å². The number of hydrogen-bond donors (Lipinski definition) is 0. The second-order valence-corrected chi connectivity index (χ2v) is 3.73. The fraction of sp³-hybridized carbons (Fsp3) is 0.417. The summed E-state index contributed by atoms with van der Waals surface area (Å²) in [6.07, 6.45) is 0.906. The van der Waals surface area contributed by atoms with E-state index >= 15 is 0 Å². The summed E-state index contributed by atoms with van der Waals surface area (Å²) in [5.74, 6) is -0.0737. The number of carbonyl (C=O) groups excluding carboxylic acids is 1. The molecule has 0 saturated carbocycles. The zero-order chi connectivity index (χ0) is 11.4. The van der Waals surface area contributed by atoms with E-state index in [2.05, 4.69) is 0 Å². The molecule has 0 atom stereocenters. The molecule has 86 valence electrons. The molecular weight excluding hydrogens is 206 g/mol. The van der Waals surface area contributed by atoms with Gasteiger partial charge in [-0.25, -0.2) is 5.06 Å². The van der Waals surface area contributed by atoms with E-state index in [-0.39, 0.29) is 5.91 Å². The first-order chi connectivity index (χ1) is 7.81. The highest BCUT2D eigenvalue weighted by atomic mass is 16.7. The molecule has 1 heterocycles. The molecule has 0 aliphatic carbocycles. The topological polar surface area (TPSA) is 38.8 Å². The SMILES string of the molecule is COCc1cccc(C(=O)N2CCCO2)c1. The standard InChI is InChI=1S/C12H15NO3/c1-15-9-10-4-2-5-11(8-10)12(14)13-6-3-7-16-13/h2,4-5,8H,3,6-7,9H2,1H3. The van der Waals surface area contributed by atoms with Gasteiger partial charge in [0.2, 0.25) is 0 Å². The summed E-state index contributed by atoms with van der Waals surface area (Å²) < 4.78 is 5.03. The Balaban J connectivity index is 2.12. The van der Waals surface area contributed by atoms with Gasteiger partial charge in [0.05, 0.1) is 19.8 Å². The van der Waals surface area contributed by atoms with Gasteiger partial charge in [0, 0.05) is 12.7 Å². The first kappa shape index (κ1) is 11.1. The summed E-state index contributed by atoms with van der Waals surface area (Å²) >= 11 is 0. The maximum absolute atomic E-state index is 12.0. The van der Waals surface area contributed by atoms with Crippen molar-refractivity contribution >= 4 is 5.91 Å². The van der Waals surface area contributed by atoms with Crippen molar-refractivity contribution in [1.29, 1.82) is 0 Å². The molecule has 1 amide bonds. The third kappa shape index (κ3) is 2.40. The summed E-state index contributed by atoms with van der Waals surface area (Å²) in [4.78, 5) is 17.2. The van der Waals surface area contributed by atoms with Crippen LogP contribution in [0.15, 0.2) is 24.3 Å². The number of carbonyl (C=O) groups is 1. The first-order valence-electron chi connectivity index (χ1n) is 5.34. The van der Waals surface area contributed by atoms with Gasteiger partial charge < -0.3 is 4.74 Å². The minimum absolute atomic E-state index is 0.0737. The van der Waals surface area contributed by atoms with Crippen LogP contribution in [0.3, 0.4) is 0 Å². The summed E-state index contributed by atoms with van der Waals surface area (Å²) in [5.41, 5.74) is 1.64. The molecule has 1 aliphatic heterocycles. The Labute approximate surface area is 94.7 Å². The van der Waals surface area contributed by atoms with E-state index in [1.807, 2.05) is 18.2 Å². The molecule has 2 rings (SSSR count). The fourth-order valence-electron chi connectivity index (χ4n) is 1.71. The number of nitrogens with zero attached hydrogens (tertiary/aromatic N) is 1. The third-order valence-electron chi connectivity index (χ3n) is 2.46. The average molecular weight is 221 g/mol. The molecule has 0 N–H and O–H groups in total. The number of hydroxylamine groups is 2. The largest absolute Gasteiger partial charge is 0.380 e. The maximum atomic E-state index is 12.0. The van der Waals surface area contributed by atoms with Crippen molar-refractivity contribution in [3.63, 3.8) is 0 Å². The molecule has 16 heavy (non-hydrogen) atoms. The van der Waals surface area contributed by atoms with Crippen LogP contribution in [0.2, 0.25) is 0 Å². The second-order valence-electron chi connectivity index (χ2n) is 3.73. The van der Waals surface area contributed by atoms with E-state index in [1.165, 1.54) is 5.06 Å². The smallest absolute Gasteiger partial charge is 0.277 e. The second kappa shape index (κ2) is 5.09. The van der Waals surface area contributed by atoms with Crippen molar-refractivity contribution in [3.8, 4) is 0 Å². The predicted molar refractivity (Wildman–Crippen MR) is 58.8 cm³/mol. The van der Waals surface area contributed by atoms with E-state index < -0.39 is 0 Å². The minimum atomic E-state index is -0.0737. The molecule has 1 aromatic carbocycles. The zero-order valence-corrected chi connectivity index (χ0v) is 9.31. The van der Waals surface area contributed by atoms with Crippen LogP contribution in [0.5, 0.6) is 0 Å². The number of amides is 1. The molecule has 1 aromatic rings. The number of benzene rings is 1. The van der Waals surface area contributed by atoms with Gasteiger partial charge in [-0.2, -0.15) is 0 Å². The van der Waals surface area contributed by atoms with E-state index in [1.54, 1.807) is 13.2 Å².